The summed E-state index contributed by atoms with van der Waals surface area (Å²) >= 11 is 0. The fourth-order valence-corrected chi connectivity index (χ4v) is 9.83. The molecule has 0 bridgehead atoms. The van der Waals surface area contributed by atoms with Gasteiger partial charge in [-0.3, -0.25) is 14.4 Å². The number of carbonyl (C=O) groups excluding carboxylic acids is 3. The van der Waals surface area contributed by atoms with Crippen molar-refractivity contribution >= 4 is 17.9 Å². The SMILES string of the molecule is CC/C=C\C/C=C\C/C=C\C/C=C\C/C=C\CCCCCCCCCCCCCCCC(=O)OCC(COC(=O)CCCCCCCCCCCCC)OC(=O)CCCCCCCCCCCCCCCCCCCC. The lowest BCUT2D eigenvalue weighted by atomic mass is 10.0. The summed E-state index contributed by atoms with van der Waals surface area (Å²) in [5, 5.41) is 0. The van der Waals surface area contributed by atoms with Crippen molar-refractivity contribution < 1.29 is 28.6 Å². The Bertz CT molecular complexity index is 1360. The number of hydrogen-bond acceptors (Lipinski definition) is 6. The van der Waals surface area contributed by atoms with Gasteiger partial charge in [0.15, 0.2) is 6.10 Å². The largest absolute Gasteiger partial charge is 0.462 e. The minimum atomic E-state index is -0.770. The fraction of sp³-hybridized carbons (Fsp3) is 0.814. The normalized spacial score (nSPS) is 12.4. The molecule has 76 heavy (non-hydrogen) atoms. The van der Waals surface area contributed by atoms with Crippen LogP contribution in [0.2, 0.25) is 0 Å². The van der Waals surface area contributed by atoms with E-state index in [1.807, 2.05) is 0 Å². The van der Waals surface area contributed by atoms with E-state index < -0.39 is 6.10 Å². The number of rotatable bonds is 61. The first-order valence-electron chi connectivity index (χ1n) is 33.3. The Labute approximate surface area is 472 Å². The maximum absolute atomic E-state index is 12.9. The average Bonchev–Trinajstić information content (AvgIpc) is 3.42. The summed E-state index contributed by atoms with van der Waals surface area (Å²) in [7, 11) is 0. The number of unbranched alkanes of at least 4 members (excludes halogenated alkanes) is 40. The molecule has 0 aliphatic rings. The smallest absolute Gasteiger partial charge is 0.306 e. The first kappa shape index (κ1) is 73.1. The van der Waals surface area contributed by atoms with Gasteiger partial charge in [0.2, 0.25) is 0 Å². The van der Waals surface area contributed by atoms with Crippen molar-refractivity contribution in [1.29, 1.82) is 0 Å². The summed E-state index contributed by atoms with van der Waals surface area (Å²) in [6.07, 6.45) is 82.4. The van der Waals surface area contributed by atoms with Crippen molar-refractivity contribution in [3.63, 3.8) is 0 Å². The Morgan fingerprint density at radius 2 is 0.513 bits per heavy atom. The highest BCUT2D eigenvalue weighted by atomic mass is 16.6. The zero-order valence-electron chi connectivity index (χ0n) is 50.8. The molecule has 0 aliphatic carbocycles. The van der Waals surface area contributed by atoms with E-state index in [-0.39, 0.29) is 31.1 Å². The van der Waals surface area contributed by atoms with E-state index in [0.29, 0.717) is 19.3 Å². The van der Waals surface area contributed by atoms with Crippen LogP contribution in [0, 0.1) is 0 Å². The molecule has 0 aliphatic heterocycles. The zero-order chi connectivity index (χ0) is 55.0. The van der Waals surface area contributed by atoms with Crippen molar-refractivity contribution in [3.8, 4) is 0 Å². The minimum absolute atomic E-state index is 0.0680. The van der Waals surface area contributed by atoms with Crippen LogP contribution in [0.25, 0.3) is 0 Å². The van der Waals surface area contributed by atoms with Gasteiger partial charge in [0.25, 0.3) is 0 Å². The van der Waals surface area contributed by atoms with E-state index in [0.717, 1.165) is 89.9 Å². The lowest BCUT2D eigenvalue weighted by Gasteiger charge is -2.18. The van der Waals surface area contributed by atoms with Gasteiger partial charge in [0.1, 0.15) is 13.2 Å². The zero-order valence-corrected chi connectivity index (χ0v) is 50.8. The van der Waals surface area contributed by atoms with Gasteiger partial charge in [0, 0.05) is 19.3 Å². The summed E-state index contributed by atoms with van der Waals surface area (Å²) in [5.74, 6) is -0.847. The molecule has 0 amide bonds. The van der Waals surface area contributed by atoms with Crippen LogP contribution in [0.3, 0.4) is 0 Å². The Morgan fingerprint density at radius 1 is 0.276 bits per heavy atom. The van der Waals surface area contributed by atoms with Crippen molar-refractivity contribution in [1.82, 2.24) is 0 Å². The van der Waals surface area contributed by atoms with Crippen LogP contribution in [0.1, 0.15) is 348 Å². The van der Waals surface area contributed by atoms with E-state index in [2.05, 4.69) is 81.5 Å². The maximum Gasteiger partial charge on any atom is 0.306 e. The van der Waals surface area contributed by atoms with E-state index in [1.54, 1.807) is 0 Å². The second kappa shape index (κ2) is 64.6. The molecule has 1 atom stereocenters. The molecule has 0 aromatic heterocycles. The monoisotopic (exact) mass is 1060 g/mol. The number of ether oxygens (including phenoxy) is 3. The quantitative estimate of drug-likeness (QED) is 0.0261. The molecule has 0 rings (SSSR count). The maximum atomic E-state index is 12.9. The second-order valence-corrected chi connectivity index (χ2v) is 22.4. The Hall–Kier alpha value is -2.89. The third-order valence-corrected chi connectivity index (χ3v) is 14.8. The predicted molar refractivity (Wildman–Crippen MR) is 330 cm³/mol. The molecule has 0 fully saturated rings. The van der Waals surface area contributed by atoms with Gasteiger partial charge in [-0.2, -0.15) is 0 Å². The molecule has 1 unspecified atom stereocenters. The second-order valence-electron chi connectivity index (χ2n) is 22.4. The number of allylic oxidation sites excluding steroid dienone is 10. The third-order valence-electron chi connectivity index (χ3n) is 14.8. The molecule has 0 heterocycles. The van der Waals surface area contributed by atoms with Gasteiger partial charge in [0.05, 0.1) is 0 Å². The molecule has 0 radical (unpaired) electrons. The molecule has 0 N–H and O–H groups in total. The predicted octanol–water partition coefficient (Wildman–Crippen LogP) is 22.7. The van der Waals surface area contributed by atoms with Crippen LogP contribution in [-0.2, 0) is 28.6 Å². The molecular weight excluding hydrogens is 937 g/mol. The molecule has 0 aromatic carbocycles. The van der Waals surface area contributed by atoms with Crippen molar-refractivity contribution in [2.75, 3.05) is 13.2 Å². The first-order chi connectivity index (χ1) is 37.5. The van der Waals surface area contributed by atoms with Gasteiger partial charge < -0.3 is 14.2 Å². The van der Waals surface area contributed by atoms with Gasteiger partial charge in [-0.05, 0) is 64.2 Å². The summed E-state index contributed by atoms with van der Waals surface area (Å²) in [6.45, 7) is 6.57. The van der Waals surface area contributed by atoms with Gasteiger partial charge >= 0.3 is 17.9 Å². The molecule has 0 spiro atoms. The number of hydrogen-bond donors (Lipinski definition) is 0. The van der Waals surface area contributed by atoms with Crippen LogP contribution < -0.4 is 0 Å². The van der Waals surface area contributed by atoms with E-state index in [9.17, 15) is 14.4 Å². The molecule has 442 valence electrons. The highest BCUT2D eigenvalue weighted by molar-refractivity contribution is 5.71. The lowest BCUT2D eigenvalue weighted by molar-refractivity contribution is -0.167. The van der Waals surface area contributed by atoms with Crippen LogP contribution >= 0.6 is 0 Å². The Kier molecular flexibility index (Phi) is 62.2. The Balaban J connectivity index is 4.18. The van der Waals surface area contributed by atoms with Crippen LogP contribution in [0.4, 0.5) is 0 Å². The lowest BCUT2D eigenvalue weighted by Crippen LogP contribution is -2.30. The van der Waals surface area contributed by atoms with Crippen LogP contribution in [0.5, 0.6) is 0 Å². The van der Waals surface area contributed by atoms with Crippen molar-refractivity contribution in [3.05, 3.63) is 60.8 Å². The van der Waals surface area contributed by atoms with Gasteiger partial charge in [-0.25, -0.2) is 0 Å². The number of esters is 3. The van der Waals surface area contributed by atoms with E-state index in [4.69, 9.17) is 14.2 Å². The Morgan fingerprint density at radius 3 is 0.803 bits per heavy atom. The summed E-state index contributed by atoms with van der Waals surface area (Å²) in [5.41, 5.74) is 0. The summed E-state index contributed by atoms with van der Waals surface area (Å²) in [4.78, 5) is 38.3. The molecule has 0 saturated heterocycles. The van der Waals surface area contributed by atoms with Crippen LogP contribution in [0.15, 0.2) is 60.8 Å². The summed E-state index contributed by atoms with van der Waals surface area (Å²) < 4.78 is 16.9. The van der Waals surface area contributed by atoms with E-state index >= 15 is 0 Å². The molecule has 6 heteroatoms. The highest BCUT2D eigenvalue weighted by Crippen LogP contribution is 2.18. The molecule has 0 saturated carbocycles. The van der Waals surface area contributed by atoms with E-state index in [1.165, 1.54) is 218 Å². The average molecular weight is 1060 g/mol. The third kappa shape index (κ3) is 62.0. The standard InChI is InChI=1S/C70H126O6/c1-4-7-10-13-16-19-22-24-26-28-30-31-32-33-34-35-36-37-38-39-40-42-43-45-48-51-54-57-60-63-69(72)75-66-67(65-74-68(71)62-59-56-53-50-47-21-18-15-12-9-6-3)76-70(73)64-61-58-55-52-49-46-44-41-29-27-25-23-20-17-14-11-8-5-2/h7,10,16,19,24,26,30-31,33-34,67H,4-6,8-9,11-15,17-18,20-23,25,27-29,32,35-66H2,1-3H3/b10-7-,19-16-,26-24-,31-30-,34-33-. The molecule has 0 aromatic rings. The van der Waals surface area contributed by atoms with Crippen molar-refractivity contribution in [2.45, 2.75) is 354 Å². The minimum Gasteiger partial charge on any atom is -0.462 e. The van der Waals surface area contributed by atoms with Crippen LogP contribution in [-0.4, -0.2) is 37.2 Å². The molecule has 6 nitrogen and oxygen atoms in total. The topological polar surface area (TPSA) is 78.9 Å². The first-order valence-corrected chi connectivity index (χ1v) is 33.3. The van der Waals surface area contributed by atoms with Gasteiger partial charge in [-0.1, -0.05) is 326 Å². The van der Waals surface area contributed by atoms with Crippen molar-refractivity contribution in [2.24, 2.45) is 0 Å². The fourth-order valence-electron chi connectivity index (χ4n) is 9.83. The summed E-state index contributed by atoms with van der Waals surface area (Å²) in [6, 6.07) is 0. The van der Waals surface area contributed by atoms with Gasteiger partial charge in [-0.15, -0.1) is 0 Å². The molecular formula is C70H126O6. The number of carbonyl (C=O) groups is 3. The highest BCUT2D eigenvalue weighted by Gasteiger charge is 2.19.